The van der Waals surface area contributed by atoms with Crippen molar-refractivity contribution in [3.05, 3.63) is 45.9 Å². The fourth-order valence-electron chi connectivity index (χ4n) is 3.14. The molecule has 0 unspecified atom stereocenters. The number of benzene rings is 1. The third-order valence-corrected chi connectivity index (χ3v) is 6.04. The Kier molecular flexibility index (Phi) is 4.71. The van der Waals surface area contributed by atoms with E-state index in [1.54, 1.807) is 0 Å². The van der Waals surface area contributed by atoms with Crippen molar-refractivity contribution in [2.45, 2.75) is 6.92 Å². The van der Waals surface area contributed by atoms with Gasteiger partial charge in [-0.1, -0.05) is 17.7 Å². The lowest BCUT2D eigenvalue weighted by molar-refractivity contribution is -0.884. The molecule has 1 aromatic carbocycles. The lowest BCUT2D eigenvalue weighted by Gasteiger charge is -2.29. The zero-order chi connectivity index (χ0) is 18.3. The van der Waals surface area contributed by atoms with Crippen molar-refractivity contribution in [1.82, 2.24) is 20.2 Å². The number of hydrogen-bond donors (Lipinski definition) is 2. The topological polar surface area (TPSA) is 54.6 Å². The van der Waals surface area contributed by atoms with Crippen LogP contribution in [-0.2, 0) is 0 Å². The SMILES string of the molecule is Cc1nn(-c2cccc(Cl)c2)c2sc(C(=O)NN3CC[NH+](C)CC3)cc12. The minimum atomic E-state index is -0.0530. The Morgan fingerprint density at radius 2 is 2.08 bits per heavy atom. The molecule has 1 aliphatic heterocycles. The molecule has 136 valence electrons. The Balaban J connectivity index is 1.61. The first kappa shape index (κ1) is 17.5. The van der Waals surface area contributed by atoms with Crippen LogP contribution in [0.3, 0.4) is 0 Å². The highest BCUT2D eigenvalue weighted by molar-refractivity contribution is 7.20. The molecular formula is C18H21ClN5OS+. The van der Waals surface area contributed by atoms with Gasteiger partial charge in [-0.05, 0) is 31.2 Å². The third-order valence-electron chi connectivity index (χ3n) is 4.70. The number of aryl methyl sites for hydroxylation is 1. The predicted molar refractivity (Wildman–Crippen MR) is 104 cm³/mol. The van der Waals surface area contributed by atoms with Crippen LogP contribution in [0.15, 0.2) is 30.3 Å². The lowest BCUT2D eigenvalue weighted by Crippen LogP contribution is -3.12. The van der Waals surface area contributed by atoms with E-state index < -0.39 is 0 Å². The van der Waals surface area contributed by atoms with E-state index in [0.29, 0.717) is 9.90 Å². The number of hydrazine groups is 1. The summed E-state index contributed by atoms with van der Waals surface area (Å²) in [6, 6.07) is 9.50. The highest BCUT2D eigenvalue weighted by Gasteiger charge is 2.21. The first-order valence-corrected chi connectivity index (χ1v) is 9.83. The molecule has 26 heavy (non-hydrogen) atoms. The second-order valence-corrected chi connectivity index (χ2v) is 8.16. The number of fused-ring (bicyclic) bond motifs is 1. The van der Waals surface area contributed by atoms with Gasteiger partial charge in [0.25, 0.3) is 5.91 Å². The molecule has 1 fully saturated rings. The van der Waals surface area contributed by atoms with Gasteiger partial charge in [0.2, 0.25) is 0 Å². The first-order chi connectivity index (χ1) is 12.5. The summed E-state index contributed by atoms with van der Waals surface area (Å²) in [4.78, 5) is 15.8. The number of amides is 1. The summed E-state index contributed by atoms with van der Waals surface area (Å²) >= 11 is 7.57. The van der Waals surface area contributed by atoms with Crippen molar-refractivity contribution in [3.8, 4) is 5.69 Å². The Morgan fingerprint density at radius 1 is 1.31 bits per heavy atom. The zero-order valence-corrected chi connectivity index (χ0v) is 16.3. The molecule has 0 bridgehead atoms. The van der Waals surface area contributed by atoms with Gasteiger partial charge in [0, 0.05) is 10.4 Å². The molecule has 0 radical (unpaired) electrons. The van der Waals surface area contributed by atoms with Crippen LogP contribution >= 0.6 is 22.9 Å². The molecule has 0 atom stereocenters. The highest BCUT2D eigenvalue weighted by Crippen LogP contribution is 2.31. The van der Waals surface area contributed by atoms with Crippen molar-refractivity contribution in [2.75, 3.05) is 33.2 Å². The second-order valence-electron chi connectivity index (χ2n) is 6.69. The predicted octanol–water partition coefficient (Wildman–Crippen LogP) is 1.52. The Labute approximate surface area is 160 Å². The minimum absolute atomic E-state index is 0.0530. The molecule has 3 aromatic rings. The lowest BCUT2D eigenvalue weighted by atomic mass is 10.3. The number of rotatable bonds is 3. The van der Waals surface area contributed by atoms with E-state index in [1.807, 2.05) is 46.9 Å². The number of carbonyl (C=O) groups excluding carboxylic acids is 1. The molecule has 0 saturated carbocycles. The fraction of sp³-hybridized carbons (Fsp3) is 0.333. The van der Waals surface area contributed by atoms with E-state index in [0.717, 1.165) is 47.8 Å². The zero-order valence-electron chi connectivity index (χ0n) is 14.8. The van der Waals surface area contributed by atoms with Gasteiger partial charge in [-0.25, -0.2) is 9.69 Å². The van der Waals surface area contributed by atoms with Crippen LogP contribution in [0.4, 0.5) is 0 Å². The number of quaternary nitrogens is 1. The molecule has 3 heterocycles. The largest absolute Gasteiger partial charge is 0.335 e. The molecule has 1 aliphatic rings. The van der Waals surface area contributed by atoms with Gasteiger partial charge in [0.1, 0.15) is 4.83 Å². The van der Waals surface area contributed by atoms with Gasteiger partial charge in [-0.3, -0.25) is 10.2 Å². The van der Waals surface area contributed by atoms with Crippen LogP contribution in [0.1, 0.15) is 15.4 Å². The Morgan fingerprint density at radius 3 is 2.81 bits per heavy atom. The van der Waals surface area contributed by atoms with Crippen molar-refractivity contribution in [1.29, 1.82) is 0 Å². The molecule has 2 aromatic heterocycles. The van der Waals surface area contributed by atoms with Gasteiger partial charge in [-0.15, -0.1) is 11.3 Å². The quantitative estimate of drug-likeness (QED) is 0.713. The summed E-state index contributed by atoms with van der Waals surface area (Å²) in [6.45, 7) is 5.78. The van der Waals surface area contributed by atoms with Crippen molar-refractivity contribution >= 4 is 39.1 Å². The normalized spacial score (nSPS) is 16.3. The molecule has 4 rings (SSSR count). The summed E-state index contributed by atoms with van der Waals surface area (Å²) in [5, 5.41) is 8.28. The fourth-order valence-corrected chi connectivity index (χ4v) is 4.40. The summed E-state index contributed by atoms with van der Waals surface area (Å²) in [7, 11) is 2.18. The van der Waals surface area contributed by atoms with Crippen LogP contribution in [-0.4, -0.2) is 53.9 Å². The van der Waals surface area contributed by atoms with Crippen LogP contribution < -0.4 is 10.3 Å². The summed E-state index contributed by atoms with van der Waals surface area (Å²) in [5.74, 6) is -0.0530. The molecule has 1 saturated heterocycles. The van der Waals surface area contributed by atoms with Gasteiger partial charge in [0.05, 0.1) is 49.5 Å². The maximum Gasteiger partial charge on any atom is 0.275 e. The van der Waals surface area contributed by atoms with Crippen molar-refractivity contribution < 1.29 is 9.69 Å². The minimum Gasteiger partial charge on any atom is -0.335 e. The number of nitrogens with one attached hydrogen (secondary N) is 2. The standard InChI is InChI=1S/C18H20ClN5OS/c1-12-15-11-16(17(25)21-23-8-6-22(2)7-9-23)26-18(15)24(20-12)14-5-3-4-13(19)10-14/h3-5,10-11H,6-9H2,1-2H3,(H,21,25)/p+1. The third kappa shape index (κ3) is 3.35. The molecule has 8 heteroatoms. The number of carbonyl (C=O) groups is 1. The second kappa shape index (κ2) is 7.00. The monoisotopic (exact) mass is 390 g/mol. The van der Waals surface area contributed by atoms with Crippen LogP contribution in [0.25, 0.3) is 15.9 Å². The maximum absolute atomic E-state index is 12.7. The number of nitrogens with zero attached hydrogens (tertiary/aromatic N) is 3. The van der Waals surface area contributed by atoms with Gasteiger partial charge < -0.3 is 4.90 Å². The maximum atomic E-state index is 12.7. The van der Waals surface area contributed by atoms with E-state index >= 15 is 0 Å². The summed E-state index contributed by atoms with van der Waals surface area (Å²) in [6.07, 6.45) is 0. The average molecular weight is 391 g/mol. The van der Waals surface area contributed by atoms with E-state index in [2.05, 4.69) is 17.6 Å². The van der Waals surface area contributed by atoms with Gasteiger partial charge >= 0.3 is 0 Å². The number of hydrogen-bond acceptors (Lipinski definition) is 4. The summed E-state index contributed by atoms with van der Waals surface area (Å²) in [5.41, 5.74) is 4.83. The molecular weight excluding hydrogens is 370 g/mol. The molecule has 0 spiro atoms. The Hall–Kier alpha value is -1.93. The van der Waals surface area contributed by atoms with Gasteiger partial charge in [0.15, 0.2) is 0 Å². The molecule has 1 amide bonds. The average Bonchev–Trinajstić information content (AvgIpc) is 3.18. The first-order valence-electron chi connectivity index (χ1n) is 8.63. The smallest absolute Gasteiger partial charge is 0.275 e. The van der Waals surface area contributed by atoms with E-state index in [-0.39, 0.29) is 5.91 Å². The molecule has 0 aliphatic carbocycles. The number of likely N-dealkylation sites (N-methyl/N-ethyl adjacent to an activating group) is 1. The molecule has 2 N–H and O–H groups in total. The van der Waals surface area contributed by atoms with Gasteiger partial charge in [-0.2, -0.15) is 5.10 Å². The Bertz CT molecular complexity index is 958. The van der Waals surface area contributed by atoms with Crippen LogP contribution in [0.2, 0.25) is 5.02 Å². The van der Waals surface area contributed by atoms with Crippen molar-refractivity contribution in [2.24, 2.45) is 0 Å². The number of aromatic nitrogens is 2. The van der Waals surface area contributed by atoms with Crippen molar-refractivity contribution in [3.63, 3.8) is 0 Å². The highest BCUT2D eigenvalue weighted by atomic mass is 35.5. The van der Waals surface area contributed by atoms with Crippen LogP contribution in [0, 0.1) is 6.92 Å². The molecule has 6 nitrogen and oxygen atoms in total. The van der Waals surface area contributed by atoms with E-state index in [1.165, 1.54) is 16.2 Å². The summed E-state index contributed by atoms with van der Waals surface area (Å²) < 4.78 is 1.86. The number of piperazine rings is 1. The number of halogens is 1. The van der Waals surface area contributed by atoms with E-state index in [9.17, 15) is 4.79 Å². The number of thiophene rings is 1. The van der Waals surface area contributed by atoms with Crippen LogP contribution in [0.5, 0.6) is 0 Å². The van der Waals surface area contributed by atoms with E-state index in [4.69, 9.17) is 11.6 Å².